The lowest BCUT2D eigenvalue weighted by molar-refractivity contribution is -0.0435. The van der Waals surface area contributed by atoms with Crippen LogP contribution in [0.4, 0.5) is 24.5 Å². The van der Waals surface area contributed by atoms with Crippen LogP contribution in [0.25, 0.3) is 5.57 Å². The molecule has 2 aliphatic rings. The van der Waals surface area contributed by atoms with E-state index in [-0.39, 0.29) is 5.56 Å². The highest BCUT2D eigenvalue weighted by Crippen LogP contribution is 2.37. The zero-order valence-corrected chi connectivity index (χ0v) is 34.5. The fourth-order valence-corrected chi connectivity index (χ4v) is 10.2. The number of amides is 1. The molecule has 0 bridgehead atoms. The van der Waals surface area contributed by atoms with Crippen LogP contribution in [0.1, 0.15) is 54.9 Å². The summed E-state index contributed by atoms with van der Waals surface area (Å²) in [5.41, 5.74) is -1.15. The van der Waals surface area contributed by atoms with Gasteiger partial charge in [0.25, 0.3) is 25.8 Å². The van der Waals surface area contributed by atoms with Gasteiger partial charge in [-0.15, -0.1) is 11.8 Å². The fourth-order valence-electron chi connectivity index (χ4n) is 6.97. The van der Waals surface area contributed by atoms with Gasteiger partial charge >= 0.3 is 5.51 Å². The van der Waals surface area contributed by atoms with E-state index in [1.165, 1.54) is 53.4 Å². The van der Waals surface area contributed by atoms with Crippen LogP contribution in [0.3, 0.4) is 0 Å². The highest BCUT2D eigenvalue weighted by atomic mass is 35.5. The van der Waals surface area contributed by atoms with E-state index in [0.29, 0.717) is 18.2 Å². The second-order valence-corrected chi connectivity index (χ2v) is 19.1. The molecular formula is C41H44ClF3N4O5S3. The predicted octanol–water partition coefficient (Wildman–Crippen LogP) is 8.88. The van der Waals surface area contributed by atoms with E-state index in [9.17, 15) is 34.8 Å². The van der Waals surface area contributed by atoms with Gasteiger partial charge in [0.2, 0.25) is 0 Å². The molecule has 2 N–H and O–H groups in total. The van der Waals surface area contributed by atoms with Gasteiger partial charge in [-0.05, 0) is 110 Å². The number of hydrogen-bond acceptors (Lipinski definition) is 9. The van der Waals surface area contributed by atoms with E-state index < -0.39 is 52.8 Å². The van der Waals surface area contributed by atoms with E-state index in [1.807, 2.05) is 47.2 Å². The summed E-state index contributed by atoms with van der Waals surface area (Å²) in [5, 5.41) is 3.58. The van der Waals surface area contributed by atoms with E-state index in [4.69, 9.17) is 11.6 Å². The minimum atomic E-state index is -5.99. The number of nitrogens with zero attached hydrogens (tertiary/aromatic N) is 2. The Labute approximate surface area is 341 Å². The number of allylic oxidation sites excluding steroid dienone is 1. The monoisotopic (exact) mass is 860 g/mol. The van der Waals surface area contributed by atoms with Crippen molar-refractivity contribution >= 4 is 66.1 Å². The van der Waals surface area contributed by atoms with Gasteiger partial charge in [0.05, 0.1) is 10.6 Å². The number of piperazine rings is 1. The molecule has 1 fully saturated rings. The van der Waals surface area contributed by atoms with Gasteiger partial charge in [-0.1, -0.05) is 54.4 Å². The SMILES string of the molecule is CC[C@H](CSc1ccccc1)Nc1ccc(S(=O)(=O)NC(=O)c2ccc(N3CCN(CC4=C(c5ccc(Cl)cc5)CCCC4)CC3)cc2)cc1S(=O)(=O)C(F)(F)F. The summed E-state index contributed by atoms with van der Waals surface area (Å²) in [5.74, 6) is -0.627. The van der Waals surface area contributed by atoms with Crippen LogP contribution in [-0.2, 0) is 19.9 Å². The Kier molecular flexibility index (Phi) is 13.7. The summed E-state index contributed by atoms with van der Waals surface area (Å²) in [7, 11) is -10.8. The second kappa shape index (κ2) is 18.3. The number of rotatable bonds is 14. The van der Waals surface area contributed by atoms with Crippen LogP contribution in [0.5, 0.6) is 0 Å². The zero-order chi connectivity index (χ0) is 40.8. The molecule has 16 heteroatoms. The number of benzene rings is 4. The van der Waals surface area contributed by atoms with Crippen LogP contribution in [0.2, 0.25) is 5.02 Å². The number of nitrogens with one attached hydrogen (secondary N) is 2. The Hall–Kier alpha value is -4.02. The Bertz CT molecular complexity index is 2280. The first-order valence-corrected chi connectivity index (χ1v) is 23.0. The predicted molar refractivity (Wildman–Crippen MR) is 221 cm³/mol. The molecule has 9 nitrogen and oxygen atoms in total. The van der Waals surface area contributed by atoms with Crippen LogP contribution in [-0.4, -0.2) is 77.7 Å². The number of sulfone groups is 1. The molecule has 1 aliphatic carbocycles. The quantitative estimate of drug-likeness (QED) is 0.120. The molecule has 0 spiro atoms. The number of halogens is 4. The van der Waals surface area contributed by atoms with Crippen molar-refractivity contribution in [1.29, 1.82) is 0 Å². The third-order valence-electron chi connectivity index (χ3n) is 10.2. The summed E-state index contributed by atoms with van der Waals surface area (Å²) >= 11 is 7.56. The molecule has 57 heavy (non-hydrogen) atoms. The first kappa shape index (κ1) is 42.6. The summed E-state index contributed by atoms with van der Waals surface area (Å²) in [4.78, 5) is 16.6. The van der Waals surface area contributed by atoms with Gasteiger partial charge in [0.1, 0.15) is 4.90 Å². The minimum absolute atomic E-state index is 0.00283. The van der Waals surface area contributed by atoms with E-state index in [2.05, 4.69) is 27.2 Å². The molecule has 6 rings (SSSR count). The van der Waals surface area contributed by atoms with Crippen LogP contribution in [0, 0.1) is 0 Å². The van der Waals surface area contributed by atoms with Crippen molar-refractivity contribution in [2.24, 2.45) is 0 Å². The molecule has 1 heterocycles. The lowest BCUT2D eigenvalue weighted by Crippen LogP contribution is -2.47. The van der Waals surface area contributed by atoms with Crippen molar-refractivity contribution < 1.29 is 34.8 Å². The largest absolute Gasteiger partial charge is 0.501 e. The van der Waals surface area contributed by atoms with Gasteiger partial charge < -0.3 is 10.2 Å². The molecule has 0 saturated carbocycles. The van der Waals surface area contributed by atoms with Crippen molar-refractivity contribution in [3.63, 3.8) is 0 Å². The fraction of sp³-hybridized carbons (Fsp3) is 0.341. The number of alkyl halides is 3. The molecule has 4 aromatic rings. The number of carbonyl (C=O) groups is 1. The highest BCUT2D eigenvalue weighted by Gasteiger charge is 2.48. The normalized spacial score (nSPS) is 16.3. The van der Waals surface area contributed by atoms with Crippen LogP contribution >= 0.6 is 23.4 Å². The van der Waals surface area contributed by atoms with E-state index >= 15 is 0 Å². The Morgan fingerprint density at radius 2 is 1.53 bits per heavy atom. The molecule has 0 unspecified atom stereocenters. The third kappa shape index (κ3) is 10.5. The van der Waals surface area contributed by atoms with Gasteiger partial charge in [0, 0.05) is 65.7 Å². The van der Waals surface area contributed by atoms with Crippen molar-refractivity contribution in [2.75, 3.05) is 48.7 Å². The maximum Gasteiger partial charge on any atom is 0.501 e. The Morgan fingerprint density at radius 1 is 0.860 bits per heavy atom. The molecule has 1 saturated heterocycles. The topological polar surface area (TPSA) is 116 Å². The van der Waals surface area contributed by atoms with Crippen molar-refractivity contribution in [3.8, 4) is 0 Å². The number of anilines is 2. The Morgan fingerprint density at radius 3 is 2.18 bits per heavy atom. The lowest BCUT2D eigenvalue weighted by atomic mass is 9.87. The molecule has 4 aromatic carbocycles. The average molecular weight is 861 g/mol. The van der Waals surface area contributed by atoms with Gasteiger partial charge in [-0.25, -0.2) is 21.6 Å². The standard InChI is InChI=1S/C41H44ClF3N4O5S3/c1-2-33(28-55-35-9-4-3-5-10-35)46-38-21-20-36(26-39(38)56(51,52)41(43,44)45)57(53,54)47-40(50)30-14-18-34(19-15-30)49-24-22-48(23-25-49)27-31-8-6-7-11-37(31)29-12-16-32(42)17-13-29/h3-5,9-10,12-21,26,33,46H,2,6-8,11,22-25,27-28H2,1H3,(H,47,50)/t33-/m1/s1. The van der Waals surface area contributed by atoms with Gasteiger partial charge in [-0.2, -0.15) is 13.2 Å². The number of hydrogen-bond donors (Lipinski definition) is 2. The number of carbonyl (C=O) groups excluding carboxylic acids is 1. The second-order valence-electron chi connectivity index (χ2n) is 14.0. The van der Waals surface area contributed by atoms with E-state index in [0.717, 1.165) is 73.3 Å². The molecule has 0 aromatic heterocycles. The number of sulfonamides is 1. The van der Waals surface area contributed by atoms with Crippen molar-refractivity contribution in [3.05, 3.63) is 119 Å². The highest BCUT2D eigenvalue weighted by molar-refractivity contribution is 7.99. The molecule has 304 valence electrons. The molecule has 1 aliphatic heterocycles. The summed E-state index contributed by atoms with van der Waals surface area (Å²) in [6.45, 7) is 5.87. The number of thioether (sulfide) groups is 1. The smallest absolute Gasteiger partial charge is 0.380 e. The molecule has 1 amide bonds. The lowest BCUT2D eigenvalue weighted by Gasteiger charge is -2.37. The zero-order valence-electron chi connectivity index (χ0n) is 31.3. The summed E-state index contributed by atoms with van der Waals surface area (Å²) < 4.78 is 95.6. The van der Waals surface area contributed by atoms with E-state index in [1.54, 1.807) is 19.1 Å². The maximum atomic E-state index is 13.9. The van der Waals surface area contributed by atoms with Crippen molar-refractivity contribution in [2.45, 2.75) is 65.3 Å². The van der Waals surface area contributed by atoms with Gasteiger partial charge in [-0.3, -0.25) is 9.69 Å². The minimum Gasteiger partial charge on any atom is -0.380 e. The van der Waals surface area contributed by atoms with Crippen LogP contribution < -0.4 is 14.9 Å². The van der Waals surface area contributed by atoms with Gasteiger partial charge in [0.15, 0.2) is 0 Å². The maximum absolute atomic E-state index is 13.9. The molecule has 0 radical (unpaired) electrons. The molecule has 1 atom stereocenters. The average Bonchev–Trinajstić information content (AvgIpc) is 3.20. The first-order chi connectivity index (χ1) is 27.1. The molecular weight excluding hydrogens is 817 g/mol. The summed E-state index contributed by atoms with van der Waals surface area (Å²) in [6.07, 6.45) is 4.90. The van der Waals surface area contributed by atoms with Crippen LogP contribution in [0.15, 0.2) is 117 Å². The summed E-state index contributed by atoms with van der Waals surface area (Å²) in [6, 6.07) is 25.6. The Balaban J connectivity index is 1.10. The first-order valence-electron chi connectivity index (χ1n) is 18.7. The van der Waals surface area contributed by atoms with Crippen molar-refractivity contribution in [1.82, 2.24) is 9.62 Å². The third-order valence-corrected chi connectivity index (χ3v) is 14.5.